The van der Waals surface area contributed by atoms with Gasteiger partial charge in [-0.1, -0.05) is 29.8 Å². The Balaban J connectivity index is 1.52. The number of carbonyl (C=O) groups excluding carboxylic acids is 1. The van der Waals surface area contributed by atoms with Crippen molar-refractivity contribution in [3.63, 3.8) is 0 Å². The van der Waals surface area contributed by atoms with Crippen LogP contribution in [0.15, 0.2) is 53.6 Å². The second kappa shape index (κ2) is 6.33. The minimum absolute atomic E-state index is 0.0381. The molecule has 1 unspecified atom stereocenters. The quantitative estimate of drug-likeness (QED) is 0.787. The molecule has 126 valence electrons. The molecule has 1 amide bonds. The number of aromatic nitrogens is 2. The number of para-hydroxylation sites is 1. The monoisotopic (exact) mass is 353 g/mol. The van der Waals surface area contributed by atoms with Gasteiger partial charge in [0.05, 0.1) is 23.3 Å². The summed E-state index contributed by atoms with van der Waals surface area (Å²) in [5.41, 5.74) is 2.69. The van der Waals surface area contributed by atoms with E-state index in [2.05, 4.69) is 10.3 Å². The number of hydrogen-bond donors (Lipinski definition) is 1. The smallest absolute Gasteiger partial charge is 0.261 e. The van der Waals surface area contributed by atoms with Crippen LogP contribution in [-0.4, -0.2) is 15.5 Å². The first kappa shape index (κ1) is 15.8. The molecule has 1 heterocycles. The zero-order chi connectivity index (χ0) is 17.4. The first-order valence-electron chi connectivity index (χ1n) is 8.14. The van der Waals surface area contributed by atoms with Crippen LogP contribution in [0.3, 0.4) is 0 Å². The van der Waals surface area contributed by atoms with E-state index in [1.165, 1.54) is 16.5 Å². The molecule has 2 aromatic carbocycles. The summed E-state index contributed by atoms with van der Waals surface area (Å²) >= 11 is 6.02. The summed E-state index contributed by atoms with van der Waals surface area (Å²) in [4.78, 5) is 29.1. The number of carbonyl (C=O) groups is 1. The van der Waals surface area contributed by atoms with E-state index in [4.69, 9.17) is 11.6 Å². The lowest BCUT2D eigenvalue weighted by Crippen LogP contribution is -2.34. The van der Waals surface area contributed by atoms with Gasteiger partial charge in [0, 0.05) is 5.02 Å². The zero-order valence-corrected chi connectivity index (χ0v) is 14.2. The Kier molecular flexibility index (Phi) is 4.01. The van der Waals surface area contributed by atoms with Crippen LogP contribution < -0.4 is 10.9 Å². The largest absolute Gasteiger partial charge is 0.348 e. The first-order chi connectivity index (χ1) is 12.1. The molecule has 0 bridgehead atoms. The van der Waals surface area contributed by atoms with Gasteiger partial charge in [0.2, 0.25) is 5.91 Å². The molecule has 4 rings (SSSR count). The third-order valence-corrected chi connectivity index (χ3v) is 4.80. The summed E-state index contributed by atoms with van der Waals surface area (Å²) < 4.78 is 1.34. The van der Waals surface area contributed by atoms with Crippen LogP contribution in [-0.2, 0) is 17.8 Å². The third kappa shape index (κ3) is 3.03. The lowest BCUT2D eigenvalue weighted by molar-refractivity contribution is -0.122. The molecular formula is C19H16ClN3O2. The highest BCUT2D eigenvalue weighted by molar-refractivity contribution is 6.30. The molecule has 0 spiro atoms. The molecule has 0 fully saturated rings. The molecule has 1 atom stereocenters. The molecule has 1 aliphatic carbocycles. The van der Waals surface area contributed by atoms with Crippen LogP contribution in [0, 0.1) is 0 Å². The summed E-state index contributed by atoms with van der Waals surface area (Å²) in [6.45, 7) is -0.0455. The fourth-order valence-electron chi connectivity index (χ4n) is 3.35. The predicted octanol–water partition coefficient (Wildman–Crippen LogP) is 2.85. The highest BCUT2D eigenvalue weighted by Gasteiger charge is 2.24. The molecular weight excluding hydrogens is 338 g/mol. The Hall–Kier alpha value is -2.66. The van der Waals surface area contributed by atoms with Crippen LogP contribution in [0.2, 0.25) is 5.02 Å². The average molecular weight is 354 g/mol. The number of amides is 1. The van der Waals surface area contributed by atoms with Crippen molar-refractivity contribution in [1.82, 2.24) is 14.9 Å². The summed E-state index contributed by atoms with van der Waals surface area (Å²) in [5.74, 6) is -0.202. The summed E-state index contributed by atoms with van der Waals surface area (Å²) in [7, 11) is 0. The number of nitrogens with zero attached hydrogens (tertiary/aromatic N) is 2. The van der Waals surface area contributed by atoms with Gasteiger partial charge in [-0.25, -0.2) is 4.98 Å². The normalized spacial score (nSPS) is 16.0. The highest BCUT2D eigenvalue weighted by atomic mass is 35.5. The van der Waals surface area contributed by atoms with Gasteiger partial charge in [-0.15, -0.1) is 0 Å². The number of benzene rings is 2. The third-order valence-electron chi connectivity index (χ3n) is 4.56. The molecule has 3 aromatic rings. The maximum absolute atomic E-state index is 12.5. The topological polar surface area (TPSA) is 64.0 Å². The van der Waals surface area contributed by atoms with Crippen LogP contribution in [0.5, 0.6) is 0 Å². The van der Waals surface area contributed by atoms with Gasteiger partial charge in [-0.05, 0) is 48.2 Å². The molecule has 5 nitrogen and oxygen atoms in total. The van der Waals surface area contributed by atoms with Crippen LogP contribution in [0.4, 0.5) is 0 Å². The minimum Gasteiger partial charge on any atom is -0.348 e. The van der Waals surface area contributed by atoms with E-state index in [0.29, 0.717) is 15.9 Å². The Morgan fingerprint density at radius 2 is 2.12 bits per heavy atom. The predicted molar refractivity (Wildman–Crippen MR) is 96.7 cm³/mol. The van der Waals surface area contributed by atoms with E-state index in [1.807, 2.05) is 24.3 Å². The number of aryl methyl sites for hydroxylation is 1. The summed E-state index contributed by atoms with van der Waals surface area (Å²) in [6.07, 6.45) is 3.15. The summed E-state index contributed by atoms with van der Waals surface area (Å²) in [6, 6.07) is 12.8. The fraction of sp³-hybridized carbons (Fsp3) is 0.211. The maximum atomic E-state index is 12.5. The van der Waals surface area contributed by atoms with Gasteiger partial charge in [0.1, 0.15) is 6.54 Å². The molecule has 0 aliphatic heterocycles. The van der Waals surface area contributed by atoms with E-state index in [9.17, 15) is 9.59 Å². The van der Waals surface area contributed by atoms with Gasteiger partial charge in [0.25, 0.3) is 5.56 Å². The fourth-order valence-corrected chi connectivity index (χ4v) is 3.54. The Bertz CT molecular complexity index is 1030. The number of nitrogens with one attached hydrogen (secondary N) is 1. The molecule has 1 N–H and O–H groups in total. The van der Waals surface area contributed by atoms with Crippen molar-refractivity contribution >= 4 is 28.4 Å². The number of halogens is 1. The van der Waals surface area contributed by atoms with Crippen molar-refractivity contribution in [1.29, 1.82) is 0 Å². The van der Waals surface area contributed by atoms with E-state index in [-0.39, 0.29) is 24.1 Å². The molecule has 6 heteroatoms. The molecule has 1 aromatic heterocycles. The van der Waals surface area contributed by atoms with Crippen molar-refractivity contribution in [2.45, 2.75) is 25.4 Å². The van der Waals surface area contributed by atoms with E-state index in [1.54, 1.807) is 18.2 Å². The standard InChI is InChI=1S/C19H16ClN3O2/c20-13-6-7-14-12(9-13)5-8-17(14)22-18(24)10-23-11-21-16-4-2-1-3-15(16)19(23)25/h1-4,6-7,9,11,17H,5,8,10H2,(H,22,24). The molecule has 0 saturated heterocycles. The van der Waals surface area contributed by atoms with E-state index >= 15 is 0 Å². The second-order valence-electron chi connectivity index (χ2n) is 6.20. The van der Waals surface area contributed by atoms with Crippen molar-refractivity contribution < 1.29 is 4.79 Å². The SMILES string of the molecule is O=C(Cn1cnc2ccccc2c1=O)NC1CCc2cc(Cl)ccc21. The minimum atomic E-state index is -0.209. The Morgan fingerprint density at radius 1 is 1.28 bits per heavy atom. The number of rotatable bonds is 3. The molecule has 1 aliphatic rings. The number of fused-ring (bicyclic) bond motifs is 2. The molecule has 25 heavy (non-hydrogen) atoms. The molecule has 0 saturated carbocycles. The van der Waals surface area contributed by atoms with Crippen molar-refractivity contribution in [2.75, 3.05) is 0 Å². The molecule has 0 radical (unpaired) electrons. The van der Waals surface area contributed by atoms with E-state index in [0.717, 1.165) is 18.4 Å². The van der Waals surface area contributed by atoms with Gasteiger partial charge < -0.3 is 5.32 Å². The Labute approximate surface area is 149 Å². The van der Waals surface area contributed by atoms with Crippen LogP contribution >= 0.6 is 11.6 Å². The summed E-state index contributed by atoms with van der Waals surface area (Å²) in [5, 5.41) is 4.23. The van der Waals surface area contributed by atoms with Crippen molar-refractivity contribution in [3.8, 4) is 0 Å². The Morgan fingerprint density at radius 3 is 3.00 bits per heavy atom. The van der Waals surface area contributed by atoms with Gasteiger partial charge in [0.15, 0.2) is 0 Å². The second-order valence-corrected chi connectivity index (χ2v) is 6.63. The zero-order valence-electron chi connectivity index (χ0n) is 13.4. The average Bonchev–Trinajstić information content (AvgIpc) is 2.99. The number of hydrogen-bond acceptors (Lipinski definition) is 3. The van der Waals surface area contributed by atoms with Crippen molar-refractivity contribution in [2.24, 2.45) is 0 Å². The maximum Gasteiger partial charge on any atom is 0.261 e. The van der Waals surface area contributed by atoms with Crippen LogP contribution in [0.1, 0.15) is 23.6 Å². The van der Waals surface area contributed by atoms with Crippen molar-refractivity contribution in [3.05, 3.63) is 75.3 Å². The first-order valence-corrected chi connectivity index (χ1v) is 8.51. The van der Waals surface area contributed by atoms with E-state index < -0.39 is 0 Å². The van der Waals surface area contributed by atoms with Gasteiger partial charge in [-0.3, -0.25) is 14.2 Å². The van der Waals surface area contributed by atoms with Gasteiger partial charge >= 0.3 is 0 Å². The van der Waals surface area contributed by atoms with Crippen LogP contribution in [0.25, 0.3) is 10.9 Å². The van der Waals surface area contributed by atoms with Gasteiger partial charge in [-0.2, -0.15) is 0 Å². The highest BCUT2D eigenvalue weighted by Crippen LogP contribution is 2.32. The lowest BCUT2D eigenvalue weighted by Gasteiger charge is -2.15. The lowest BCUT2D eigenvalue weighted by atomic mass is 10.1.